The molecule has 4 aromatic carbocycles. The molecule has 1 aliphatic rings. The van der Waals surface area contributed by atoms with Crippen molar-refractivity contribution in [1.82, 2.24) is 0 Å². The molecule has 0 spiro atoms. The van der Waals surface area contributed by atoms with Crippen LogP contribution in [0.25, 0.3) is 34.2 Å². The maximum Gasteiger partial charge on any atom is 0.269 e. The van der Waals surface area contributed by atoms with Crippen LogP contribution in [-0.4, -0.2) is 10.8 Å². The first kappa shape index (κ1) is 23.9. The standard InChI is InChI=1S/C33H22N2O4/c36-33-27(21-30-19-20-32(39-30)26-13-17-29(18-14-26)35(37)38)22-31(25-9-5-2-6-10-25)34(33)28-15-11-24(12-16-28)23-7-3-1-4-8-23/h1-22H/b27-21+. The van der Waals surface area contributed by atoms with Gasteiger partial charge in [0, 0.05) is 29.0 Å². The van der Waals surface area contributed by atoms with Gasteiger partial charge in [0.15, 0.2) is 0 Å². The van der Waals surface area contributed by atoms with Crippen molar-refractivity contribution in [3.8, 4) is 22.5 Å². The van der Waals surface area contributed by atoms with E-state index < -0.39 is 4.92 Å². The van der Waals surface area contributed by atoms with E-state index in [1.807, 2.05) is 78.9 Å². The zero-order valence-corrected chi connectivity index (χ0v) is 20.7. The molecule has 2 heterocycles. The SMILES string of the molecule is O=C1/C(=C/c2ccc(-c3ccc([N+](=O)[O-])cc3)o2)C=C(c2ccccc2)N1c1ccc(-c2ccccc2)cc1. The summed E-state index contributed by atoms with van der Waals surface area (Å²) in [5.41, 5.74) is 5.87. The van der Waals surface area contributed by atoms with Gasteiger partial charge in [0.1, 0.15) is 11.5 Å². The normalized spacial score (nSPS) is 14.1. The summed E-state index contributed by atoms with van der Waals surface area (Å²) in [7, 11) is 0. The maximum absolute atomic E-state index is 13.7. The van der Waals surface area contributed by atoms with Crippen LogP contribution in [0.4, 0.5) is 11.4 Å². The van der Waals surface area contributed by atoms with E-state index >= 15 is 0 Å². The fourth-order valence-electron chi connectivity index (χ4n) is 4.61. The van der Waals surface area contributed by atoms with Crippen LogP contribution in [0.1, 0.15) is 11.3 Å². The molecule has 0 saturated heterocycles. The second-order valence-electron chi connectivity index (χ2n) is 9.05. The second-order valence-corrected chi connectivity index (χ2v) is 9.05. The molecular formula is C33H22N2O4. The van der Waals surface area contributed by atoms with Gasteiger partial charge in [-0.2, -0.15) is 0 Å². The van der Waals surface area contributed by atoms with Crippen molar-refractivity contribution in [2.24, 2.45) is 0 Å². The van der Waals surface area contributed by atoms with E-state index in [1.165, 1.54) is 12.1 Å². The molecule has 0 N–H and O–H groups in total. The number of nitro groups is 1. The first-order valence-electron chi connectivity index (χ1n) is 12.4. The molecule has 188 valence electrons. The van der Waals surface area contributed by atoms with Gasteiger partial charge in [-0.05, 0) is 65.2 Å². The summed E-state index contributed by atoms with van der Waals surface area (Å²) in [5.74, 6) is 0.911. The van der Waals surface area contributed by atoms with Gasteiger partial charge in [0.2, 0.25) is 0 Å². The maximum atomic E-state index is 13.7. The highest BCUT2D eigenvalue weighted by Gasteiger charge is 2.30. The molecule has 1 aromatic heterocycles. The Labute approximate surface area is 224 Å². The monoisotopic (exact) mass is 510 g/mol. The number of furan rings is 1. The number of benzene rings is 4. The third-order valence-electron chi connectivity index (χ3n) is 6.57. The van der Waals surface area contributed by atoms with Gasteiger partial charge in [-0.3, -0.25) is 19.8 Å². The van der Waals surface area contributed by atoms with E-state index in [-0.39, 0.29) is 11.6 Å². The number of nitro benzene ring substituents is 1. The van der Waals surface area contributed by atoms with Gasteiger partial charge >= 0.3 is 0 Å². The Balaban J connectivity index is 1.33. The summed E-state index contributed by atoms with van der Waals surface area (Å²) in [6, 6.07) is 37.6. The van der Waals surface area contributed by atoms with E-state index in [1.54, 1.807) is 35.2 Å². The summed E-state index contributed by atoms with van der Waals surface area (Å²) >= 11 is 0. The quantitative estimate of drug-likeness (QED) is 0.132. The van der Waals surface area contributed by atoms with Gasteiger partial charge in [-0.1, -0.05) is 72.8 Å². The van der Waals surface area contributed by atoms with Crippen LogP contribution in [0, 0.1) is 10.1 Å². The van der Waals surface area contributed by atoms with E-state index in [0.717, 1.165) is 28.1 Å². The number of hydrogen-bond acceptors (Lipinski definition) is 4. The van der Waals surface area contributed by atoms with Crippen molar-refractivity contribution >= 4 is 29.1 Å². The van der Waals surface area contributed by atoms with Gasteiger partial charge in [-0.25, -0.2) is 0 Å². The van der Waals surface area contributed by atoms with E-state index in [2.05, 4.69) is 12.1 Å². The van der Waals surface area contributed by atoms with Crippen molar-refractivity contribution in [3.63, 3.8) is 0 Å². The third-order valence-corrected chi connectivity index (χ3v) is 6.57. The zero-order chi connectivity index (χ0) is 26.8. The summed E-state index contributed by atoms with van der Waals surface area (Å²) in [6.07, 6.45) is 3.59. The summed E-state index contributed by atoms with van der Waals surface area (Å²) in [4.78, 5) is 26.0. The Bertz CT molecular complexity index is 1720. The van der Waals surface area contributed by atoms with Crippen molar-refractivity contribution in [3.05, 3.63) is 154 Å². The number of anilines is 1. The fourth-order valence-corrected chi connectivity index (χ4v) is 4.61. The van der Waals surface area contributed by atoms with Crippen LogP contribution in [0.15, 0.2) is 137 Å². The average molecular weight is 511 g/mol. The lowest BCUT2D eigenvalue weighted by Gasteiger charge is -2.21. The van der Waals surface area contributed by atoms with Gasteiger partial charge in [0.05, 0.1) is 10.6 Å². The lowest BCUT2D eigenvalue weighted by atomic mass is 10.0. The number of carbonyl (C=O) groups excluding carboxylic acids is 1. The fraction of sp³-hybridized carbons (Fsp3) is 0. The smallest absolute Gasteiger partial charge is 0.269 e. The van der Waals surface area contributed by atoms with Crippen molar-refractivity contribution < 1.29 is 14.1 Å². The van der Waals surface area contributed by atoms with E-state index in [0.29, 0.717) is 22.7 Å². The summed E-state index contributed by atoms with van der Waals surface area (Å²) in [5, 5.41) is 10.9. The first-order chi connectivity index (χ1) is 19.1. The molecule has 6 nitrogen and oxygen atoms in total. The highest BCUT2D eigenvalue weighted by molar-refractivity contribution is 6.23. The van der Waals surface area contributed by atoms with E-state index in [4.69, 9.17) is 4.42 Å². The number of carbonyl (C=O) groups is 1. The Morgan fingerprint density at radius 1 is 0.667 bits per heavy atom. The van der Waals surface area contributed by atoms with Gasteiger partial charge < -0.3 is 4.42 Å². The molecule has 0 unspecified atom stereocenters. The Morgan fingerprint density at radius 2 is 1.26 bits per heavy atom. The second kappa shape index (κ2) is 10.1. The largest absolute Gasteiger partial charge is 0.457 e. The molecule has 0 bridgehead atoms. The predicted octanol–water partition coefficient (Wildman–Crippen LogP) is 7.99. The minimum atomic E-state index is -0.439. The molecule has 0 atom stereocenters. The van der Waals surface area contributed by atoms with Crippen LogP contribution < -0.4 is 4.90 Å². The topological polar surface area (TPSA) is 76.6 Å². The molecule has 6 heteroatoms. The van der Waals surface area contributed by atoms with Crippen LogP contribution in [0.5, 0.6) is 0 Å². The molecule has 6 rings (SSSR count). The third kappa shape index (κ3) is 4.79. The average Bonchev–Trinajstić information content (AvgIpc) is 3.59. The molecule has 0 fully saturated rings. The van der Waals surface area contributed by atoms with Crippen molar-refractivity contribution in [2.45, 2.75) is 0 Å². The lowest BCUT2D eigenvalue weighted by Crippen LogP contribution is -2.24. The Kier molecular flexibility index (Phi) is 6.19. The van der Waals surface area contributed by atoms with Crippen molar-refractivity contribution in [1.29, 1.82) is 0 Å². The molecule has 1 aliphatic heterocycles. The Morgan fingerprint density at radius 3 is 1.90 bits per heavy atom. The molecule has 39 heavy (non-hydrogen) atoms. The minimum Gasteiger partial charge on any atom is -0.457 e. The van der Waals surface area contributed by atoms with Crippen LogP contribution >= 0.6 is 0 Å². The molecule has 1 amide bonds. The van der Waals surface area contributed by atoms with Crippen LogP contribution in [0.2, 0.25) is 0 Å². The highest BCUT2D eigenvalue weighted by Crippen LogP contribution is 2.36. The number of non-ortho nitro benzene ring substituents is 1. The predicted molar refractivity (Wildman–Crippen MR) is 153 cm³/mol. The number of nitrogens with zero attached hydrogens (tertiary/aromatic N) is 2. The highest BCUT2D eigenvalue weighted by atomic mass is 16.6. The van der Waals surface area contributed by atoms with Crippen LogP contribution in [0.3, 0.4) is 0 Å². The number of rotatable bonds is 6. The molecule has 5 aromatic rings. The Hall–Kier alpha value is -5.49. The van der Waals surface area contributed by atoms with Gasteiger partial charge in [-0.15, -0.1) is 0 Å². The van der Waals surface area contributed by atoms with Gasteiger partial charge in [0.25, 0.3) is 11.6 Å². The molecular weight excluding hydrogens is 488 g/mol. The number of hydrogen-bond donors (Lipinski definition) is 0. The summed E-state index contributed by atoms with van der Waals surface area (Å²) < 4.78 is 5.98. The number of amides is 1. The first-order valence-corrected chi connectivity index (χ1v) is 12.4. The van der Waals surface area contributed by atoms with Crippen LogP contribution in [-0.2, 0) is 4.79 Å². The van der Waals surface area contributed by atoms with E-state index in [9.17, 15) is 14.9 Å². The molecule has 0 aliphatic carbocycles. The summed E-state index contributed by atoms with van der Waals surface area (Å²) in [6.45, 7) is 0. The lowest BCUT2D eigenvalue weighted by molar-refractivity contribution is -0.384. The minimum absolute atomic E-state index is 0.0136. The van der Waals surface area contributed by atoms with Crippen molar-refractivity contribution in [2.75, 3.05) is 4.90 Å². The molecule has 0 saturated carbocycles. The molecule has 0 radical (unpaired) electrons. The zero-order valence-electron chi connectivity index (χ0n) is 20.7.